The van der Waals surface area contributed by atoms with Crippen molar-refractivity contribution in [2.75, 3.05) is 46.0 Å². The van der Waals surface area contributed by atoms with Gasteiger partial charge in [0.25, 0.3) is 0 Å². The molecule has 2 rings (SSSR count). The Morgan fingerprint density at radius 1 is 1.17 bits per heavy atom. The summed E-state index contributed by atoms with van der Waals surface area (Å²) in [6.07, 6.45) is 3.54. The fourth-order valence-electron chi connectivity index (χ4n) is 3.29. The SMILES string of the molecule is CCS(=O)(=O)N1CCC(NC(=O)N2CCC[C@@H](N(C)C)C2)CC1. The van der Waals surface area contributed by atoms with Gasteiger partial charge in [0.2, 0.25) is 10.0 Å². The van der Waals surface area contributed by atoms with Crippen LogP contribution in [0.5, 0.6) is 0 Å². The van der Waals surface area contributed by atoms with E-state index in [0.29, 0.717) is 32.0 Å². The normalized spacial score (nSPS) is 24.9. The highest BCUT2D eigenvalue weighted by Gasteiger charge is 2.30. The van der Waals surface area contributed by atoms with Crippen LogP contribution in [0.25, 0.3) is 0 Å². The molecule has 23 heavy (non-hydrogen) atoms. The number of likely N-dealkylation sites (N-methyl/N-ethyl adjacent to an activating group) is 1. The molecular weight excluding hydrogens is 316 g/mol. The number of carbonyl (C=O) groups is 1. The van der Waals surface area contributed by atoms with Crippen LogP contribution in [-0.2, 0) is 10.0 Å². The van der Waals surface area contributed by atoms with Crippen LogP contribution in [0, 0.1) is 0 Å². The van der Waals surface area contributed by atoms with Crippen molar-refractivity contribution in [3.63, 3.8) is 0 Å². The summed E-state index contributed by atoms with van der Waals surface area (Å²) >= 11 is 0. The molecule has 2 fully saturated rings. The van der Waals surface area contributed by atoms with Crippen LogP contribution in [0.2, 0.25) is 0 Å². The van der Waals surface area contributed by atoms with Crippen molar-refractivity contribution in [3.8, 4) is 0 Å². The van der Waals surface area contributed by atoms with Gasteiger partial charge in [-0.05, 0) is 46.7 Å². The van der Waals surface area contributed by atoms with E-state index in [1.165, 1.54) is 0 Å². The van der Waals surface area contributed by atoms with Crippen LogP contribution in [0.1, 0.15) is 32.6 Å². The second-order valence-corrected chi connectivity index (χ2v) is 8.99. The van der Waals surface area contributed by atoms with Gasteiger partial charge in [-0.3, -0.25) is 0 Å². The lowest BCUT2D eigenvalue weighted by Gasteiger charge is -2.38. The lowest BCUT2D eigenvalue weighted by molar-refractivity contribution is 0.135. The molecular formula is C15H30N4O3S. The zero-order valence-electron chi connectivity index (χ0n) is 14.5. The molecule has 134 valence electrons. The largest absolute Gasteiger partial charge is 0.335 e. The van der Waals surface area contributed by atoms with Gasteiger partial charge in [-0.25, -0.2) is 17.5 Å². The molecule has 2 amide bonds. The van der Waals surface area contributed by atoms with Crippen LogP contribution in [-0.4, -0.2) is 86.7 Å². The van der Waals surface area contributed by atoms with Crippen molar-refractivity contribution >= 4 is 16.1 Å². The molecule has 0 aromatic rings. The summed E-state index contributed by atoms with van der Waals surface area (Å²) in [5.74, 6) is 0.143. The van der Waals surface area contributed by atoms with Crippen LogP contribution < -0.4 is 5.32 Å². The predicted molar refractivity (Wildman–Crippen MR) is 90.9 cm³/mol. The summed E-state index contributed by atoms with van der Waals surface area (Å²) in [7, 11) is 0.997. The third kappa shape index (κ3) is 4.81. The molecule has 0 radical (unpaired) electrons. The molecule has 0 aromatic carbocycles. The van der Waals surface area contributed by atoms with Crippen molar-refractivity contribution < 1.29 is 13.2 Å². The topological polar surface area (TPSA) is 73.0 Å². The number of rotatable bonds is 4. The molecule has 0 aliphatic carbocycles. The number of nitrogens with zero attached hydrogens (tertiary/aromatic N) is 3. The van der Waals surface area contributed by atoms with E-state index in [2.05, 4.69) is 24.3 Å². The van der Waals surface area contributed by atoms with Crippen molar-refractivity contribution in [2.24, 2.45) is 0 Å². The van der Waals surface area contributed by atoms with E-state index in [1.54, 1.807) is 11.2 Å². The Balaban J connectivity index is 1.81. The Bertz CT molecular complexity index is 501. The van der Waals surface area contributed by atoms with Gasteiger partial charge in [0, 0.05) is 38.3 Å². The number of nitrogens with one attached hydrogen (secondary N) is 1. The van der Waals surface area contributed by atoms with Crippen LogP contribution in [0.4, 0.5) is 4.79 Å². The molecule has 0 aromatic heterocycles. The van der Waals surface area contributed by atoms with E-state index in [-0.39, 0.29) is 17.8 Å². The van der Waals surface area contributed by atoms with Gasteiger partial charge in [0.05, 0.1) is 5.75 Å². The van der Waals surface area contributed by atoms with Gasteiger partial charge < -0.3 is 15.1 Å². The Morgan fingerprint density at radius 2 is 1.83 bits per heavy atom. The first-order valence-electron chi connectivity index (χ1n) is 8.53. The minimum atomic E-state index is -3.11. The van der Waals surface area contributed by atoms with Crippen LogP contribution >= 0.6 is 0 Å². The smallest absolute Gasteiger partial charge is 0.317 e. The molecule has 0 spiro atoms. The Morgan fingerprint density at radius 3 is 2.39 bits per heavy atom. The van der Waals surface area contributed by atoms with E-state index < -0.39 is 10.0 Å². The molecule has 0 unspecified atom stereocenters. The summed E-state index contributed by atoms with van der Waals surface area (Å²) in [5, 5.41) is 3.09. The fraction of sp³-hybridized carbons (Fsp3) is 0.933. The van der Waals surface area contributed by atoms with Crippen molar-refractivity contribution in [2.45, 2.75) is 44.7 Å². The zero-order chi connectivity index (χ0) is 17.0. The number of hydrogen-bond donors (Lipinski definition) is 1. The lowest BCUT2D eigenvalue weighted by atomic mass is 10.0. The average molecular weight is 346 g/mol. The number of piperidine rings is 2. The zero-order valence-corrected chi connectivity index (χ0v) is 15.3. The summed E-state index contributed by atoms with van der Waals surface area (Å²) in [6.45, 7) is 4.24. The van der Waals surface area contributed by atoms with E-state index in [4.69, 9.17) is 0 Å². The Hall–Kier alpha value is -0.860. The molecule has 0 bridgehead atoms. The highest BCUT2D eigenvalue weighted by Crippen LogP contribution is 2.17. The number of urea groups is 1. The van der Waals surface area contributed by atoms with Crippen LogP contribution in [0.15, 0.2) is 0 Å². The standard InChI is InChI=1S/C15H30N4O3S/c1-4-23(21,22)19-10-7-13(8-11-19)16-15(20)18-9-5-6-14(12-18)17(2)3/h13-14H,4-12H2,1-3H3,(H,16,20)/t14-/m1/s1. The van der Waals surface area contributed by atoms with Crippen molar-refractivity contribution in [3.05, 3.63) is 0 Å². The van der Waals surface area contributed by atoms with E-state index in [1.807, 2.05) is 4.90 Å². The average Bonchev–Trinajstić information content (AvgIpc) is 2.55. The predicted octanol–water partition coefficient (Wildman–Crippen LogP) is 0.536. The number of amides is 2. The van der Waals surface area contributed by atoms with Gasteiger partial charge in [0.1, 0.15) is 0 Å². The van der Waals surface area contributed by atoms with E-state index in [0.717, 1.165) is 25.9 Å². The summed E-state index contributed by atoms with van der Waals surface area (Å²) in [6, 6.07) is 0.491. The first kappa shape index (κ1) is 18.5. The van der Waals surface area contributed by atoms with Crippen molar-refractivity contribution in [1.29, 1.82) is 0 Å². The van der Waals surface area contributed by atoms with Gasteiger partial charge in [0.15, 0.2) is 0 Å². The van der Waals surface area contributed by atoms with Gasteiger partial charge >= 0.3 is 6.03 Å². The van der Waals surface area contributed by atoms with Gasteiger partial charge in [-0.1, -0.05) is 0 Å². The third-order valence-electron chi connectivity index (χ3n) is 4.95. The minimum absolute atomic E-state index is 0.00616. The first-order chi connectivity index (χ1) is 10.8. The lowest BCUT2D eigenvalue weighted by Crippen LogP contribution is -2.54. The molecule has 2 saturated heterocycles. The fourth-order valence-corrected chi connectivity index (χ4v) is 4.42. The maximum Gasteiger partial charge on any atom is 0.317 e. The highest BCUT2D eigenvalue weighted by molar-refractivity contribution is 7.89. The summed E-state index contributed by atoms with van der Waals surface area (Å²) < 4.78 is 25.3. The maximum absolute atomic E-state index is 12.4. The number of likely N-dealkylation sites (tertiary alicyclic amines) is 1. The highest BCUT2D eigenvalue weighted by atomic mass is 32.2. The monoisotopic (exact) mass is 346 g/mol. The quantitative estimate of drug-likeness (QED) is 0.806. The molecule has 0 saturated carbocycles. The molecule has 2 aliphatic rings. The van der Waals surface area contributed by atoms with Gasteiger partial charge in [-0.15, -0.1) is 0 Å². The summed E-state index contributed by atoms with van der Waals surface area (Å²) in [4.78, 5) is 16.5. The Labute approximate surface area is 140 Å². The molecule has 8 heteroatoms. The molecule has 2 aliphatic heterocycles. The number of sulfonamides is 1. The number of carbonyl (C=O) groups excluding carboxylic acids is 1. The molecule has 7 nitrogen and oxygen atoms in total. The first-order valence-corrected chi connectivity index (χ1v) is 10.1. The second-order valence-electron chi connectivity index (χ2n) is 6.73. The maximum atomic E-state index is 12.4. The third-order valence-corrected chi connectivity index (χ3v) is 6.84. The van der Waals surface area contributed by atoms with E-state index >= 15 is 0 Å². The molecule has 2 heterocycles. The minimum Gasteiger partial charge on any atom is -0.335 e. The number of hydrogen-bond acceptors (Lipinski definition) is 4. The molecule has 1 atom stereocenters. The van der Waals surface area contributed by atoms with Crippen LogP contribution in [0.3, 0.4) is 0 Å². The van der Waals surface area contributed by atoms with Crippen molar-refractivity contribution in [1.82, 2.24) is 19.4 Å². The second kappa shape index (κ2) is 7.81. The van der Waals surface area contributed by atoms with Gasteiger partial charge in [-0.2, -0.15) is 0 Å². The summed E-state index contributed by atoms with van der Waals surface area (Å²) in [5.41, 5.74) is 0. The molecule has 1 N–H and O–H groups in total. The van der Waals surface area contributed by atoms with E-state index in [9.17, 15) is 13.2 Å². The Kier molecular flexibility index (Phi) is 6.27.